The fourth-order valence-corrected chi connectivity index (χ4v) is 2.78. The summed E-state index contributed by atoms with van der Waals surface area (Å²) in [6.07, 6.45) is 5.76. The molecule has 0 bridgehead atoms. The Morgan fingerprint density at radius 2 is 2.20 bits per heavy atom. The van der Waals surface area contributed by atoms with Crippen LogP contribution in [-0.4, -0.2) is 54.7 Å². The molecule has 0 radical (unpaired) electrons. The third-order valence-electron chi connectivity index (χ3n) is 3.76. The van der Waals surface area contributed by atoms with Crippen molar-refractivity contribution >= 4 is 11.5 Å². The Labute approximate surface area is 119 Å². The third-order valence-corrected chi connectivity index (χ3v) is 3.76. The topological polar surface area (TPSA) is 78.0 Å². The molecular formula is C14H23N5O. The summed E-state index contributed by atoms with van der Waals surface area (Å²) in [5, 5.41) is 12.0. The lowest BCUT2D eigenvalue weighted by molar-refractivity contribution is 0.285. The van der Waals surface area contributed by atoms with Crippen LogP contribution in [0.2, 0.25) is 0 Å². The molecule has 0 unspecified atom stereocenters. The van der Waals surface area contributed by atoms with E-state index < -0.39 is 0 Å². The van der Waals surface area contributed by atoms with E-state index in [1.807, 2.05) is 0 Å². The van der Waals surface area contributed by atoms with Crippen molar-refractivity contribution in [1.29, 1.82) is 0 Å². The number of pyridine rings is 1. The highest BCUT2D eigenvalue weighted by atomic mass is 16.4. The molecule has 6 nitrogen and oxygen atoms in total. The molecule has 0 saturated carbocycles. The Kier molecular flexibility index (Phi) is 4.79. The average molecular weight is 277 g/mol. The molecule has 2 heterocycles. The largest absolute Gasteiger partial charge is 0.409 e. The van der Waals surface area contributed by atoms with E-state index in [2.05, 4.69) is 34.0 Å². The summed E-state index contributed by atoms with van der Waals surface area (Å²) < 4.78 is 0. The molecule has 0 amide bonds. The smallest absolute Gasteiger partial charge is 0.172 e. The van der Waals surface area contributed by atoms with E-state index in [4.69, 9.17) is 10.9 Å². The molecule has 2 rings (SSSR count). The molecule has 3 N–H and O–H groups in total. The highest BCUT2D eigenvalue weighted by Crippen LogP contribution is 2.25. The van der Waals surface area contributed by atoms with Crippen molar-refractivity contribution in [2.24, 2.45) is 16.8 Å². The minimum atomic E-state index is 0.137. The predicted molar refractivity (Wildman–Crippen MR) is 80.2 cm³/mol. The van der Waals surface area contributed by atoms with E-state index in [1.165, 1.54) is 0 Å². The second-order valence-electron chi connectivity index (χ2n) is 5.57. The lowest BCUT2D eigenvalue weighted by Crippen LogP contribution is -2.38. The normalized spacial score (nSPS) is 17.8. The van der Waals surface area contributed by atoms with Crippen LogP contribution in [-0.2, 0) is 0 Å². The van der Waals surface area contributed by atoms with Crippen LogP contribution in [0.5, 0.6) is 0 Å². The van der Waals surface area contributed by atoms with Gasteiger partial charge in [-0.3, -0.25) is 4.98 Å². The maximum absolute atomic E-state index is 8.87. The quantitative estimate of drug-likeness (QED) is 0.371. The second kappa shape index (κ2) is 6.56. The number of aromatic nitrogens is 1. The van der Waals surface area contributed by atoms with Crippen LogP contribution < -0.4 is 10.6 Å². The van der Waals surface area contributed by atoms with Crippen LogP contribution in [0.1, 0.15) is 18.4 Å². The Morgan fingerprint density at radius 1 is 1.50 bits per heavy atom. The predicted octanol–water partition coefficient (Wildman–Crippen LogP) is 0.954. The summed E-state index contributed by atoms with van der Waals surface area (Å²) in [4.78, 5) is 8.68. The molecule has 110 valence electrons. The van der Waals surface area contributed by atoms with Crippen molar-refractivity contribution in [3.8, 4) is 0 Å². The maximum Gasteiger partial charge on any atom is 0.172 e. The molecule has 1 aliphatic rings. The minimum Gasteiger partial charge on any atom is -0.409 e. The van der Waals surface area contributed by atoms with Gasteiger partial charge in [0.1, 0.15) is 0 Å². The van der Waals surface area contributed by atoms with Crippen molar-refractivity contribution < 1.29 is 5.21 Å². The monoisotopic (exact) mass is 277 g/mol. The van der Waals surface area contributed by atoms with Crippen molar-refractivity contribution in [2.75, 3.05) is 38.6 Å². The molecule has 1 aromatic rings. The van der Waals surface area contributed by atoms with Gasteiger partial charge in [0.15, 0.2) is 5.84 Å². The molecule has 1 saturated heterocycles. The zero-order valence-electron chi connectivity index (χ0n) is 12.2. The Morgan fingerprint density at radius 3 is 2.80 bits per heavy atom. The van der Waals surface area contributed by atoms with E-state index in [0.717, 1.165) is 49.6 Å². The SMILES string of the molecule is CN(C)CC1CCN(c2cnccc2/C(N)=N/O)CC1. The van der Waals surface area contributed by atoms with Gasteiger partial charge in [0.25, 0.3) is 0 Å². The summed E-state index contributed by atoms with van der Waals surface area (Å²) in [5.74, 6) is 0.878. The molecular weight excluding hydrogens is 254 g/mol. The number of nitrogens with zero attached hydrogens (tertiary/aromatic N) is 4. The summed E-state index contributed by atoms with van der Waals surface area (Å²) in [6, 6.07) is 1.79. The number of nitrogens with two attached hydrogens (primary N) is 1. The van der Waals surface area contributed by atoms with E-state index in [9.17, 15) is 0 Å². The minimum absolute atomic E-state index is 0.137. The molecule has 20 heavy (non-hydrogen) atoms. The third kappa shape index (κ3) is 3.39. The van der Waals surface area contributed by atoms with Gasteiger partial charge in [-0.05, 0) is 38.9 Å². The first-order valence-corrected chi connectivity index (χ1v) is 6.93. The van der Waals surface area contributed by atoms with Crippen LogP contribution >= 0.6 is 0 Å². The van der Waals surface area contributed by atoms with Crippen LogP contribution in [0.3, 0.4) is 0 Å². The van der Waals surface area contributed by atoms with Gasteiger partial charge in [0, 0.05) is 31.4 Å². The van der Waals surface area contributed by atoms with E-state index >= 15 is 0 Å². The second-order valence-corrected chi connectivity index (χ2v) is 5.57. The first-order valence-electron chi connectivity index (χ1n) is 6.93. The molecule has 6 heteroatoms. The fraction of sp³-hybridized carbons (Fsp3) is 0.571. The van der Waals surface area contributed by atoms with Gasteiger partial charge >= 0.3 is 0 Å². The Hall–Kier alpha value is -1.82. The van der Waals surface area contributed by atoms with Gasteiger partial charge in [0.2, 0.25) is 0 Å². The van der Waals surface area contributed by atoms with Crippen molar-refractivity contribution in [3.05, 3.63) is 24.0 Å². The van der Waals surface area contributed by atoms with E-state index in [0.29, 0.717) is 0 Å². The first kappa shape index (κ1) is 14.6. The zero-order valence-corrected chi connectivity index (χ0v) is 12.2. The number of amidine groups is 1. The highest BCUT2D eigenvalue weighted by molar-refractivity contribution is 6.02. The summed E-state index contributed by atoms with van der Waals surface area (Å²) in [6.45, 7) is 3.10. The molecule has 0 atom stereocenters. The van der Waals surface area contributed by atoms with E-state index in [1.54, 1.807) is 18.5 Å². The van der Waals surface area contributed by atoms with Crippen LogP contribution in [0, 0.1) is 5.92 Å². The molecule has 1 aromatic heterocycles. The number of hydrogen-bond donors (Lipinski definition) is 2. The summed E-state index contributed by atoms with van der Waals surface area (Å²) >= 11 is 0. The number of oxime groups is 1. The number of piperidine rings is 1. The number of rotatable bonds is 4. The molecule has 0 spiro atoms. The van der Waals surface area contributed by atoms with Gasteiger partial charge in [-0.15, -0.1) is 0 Å². The molecule has 0 aromatic carbocycles. The fourth-order valence-electron chi connectivity index (χ4n) is 2.78. The standard InChI is InChI=1S/C14H23N5O/c1-18(2)10-11-4-7-19(8-5-11)13-9-16-6-3-12(13)14(15)17-20/h3,6,9,11,20H,4-5,7-8,10H2,1-2H3,(H2,15,17). The molecule has 0 aliphatic carbocycles. The van der Waals surface area contributed by atoms with Crippen molar-refractivity contribution in [3.63, 3.8) is 0 Å². The van der Waals surface area contributed by atoms with Crippen molar-refractivity contribution in [2.45, 2.75) is 12.8 Å². The van der Waals surface area contributed by atoms with Crippen LogP contribution in [0.4, 0.5) is 5.69 Å². The van der Waals surface area contributed by atoms with Gasteiger partial charge < -0.3 is 20.7 Å². The zero-order chi connectivity index (χ0) is 14.5. The average Bonchev–Trinajstić information content (AvgIpc) is 2.46. The van der Waals surface area contributed by atoms with E-state index in [-0.39, 0.29) is 5.84 Å². The van der Waals surface area contributed by atoms with Crippen LogP contribution in [0.25, 0.3) is 0 Å². The maximum atomic E-state index is 8.87. The Bertz CT molecular complexity index is 466. The van der Waals surface area contributed by atoms with Crippen LogP contribution in [0.15, 0.2) is 23.6 Å². The van der Waals surface area contributed by atoms with Gasteiger partial charge in [-0.1, -0.05) is 5.16 Å². The molecule has 1 fully saturated rings. The first-order chi connectivity index (χ1) is 9.61. The van der Waals surface area contributed by atoms with Gasteiger partial charge in [0.05, 0.1) is 11.9 Å². The van der Waals surface area contributed by atoms with Gasteiger partial charge in [-0.25, -0.2) is 0 Å². The van der Waals surface area contributed by atoms with Gasteiger partial charge in [-0.2, -0.15) is 0 Å². The lowest BCUT2D eigenvalue weighted by atomic mass is 9.95. The van der Waals surface area contributed by atoms with Crippen molar-refractivity contribution in [1.82, 2.24) is 9.88 Å². The number of hydrogen-bond acceptors (Lipinski definition) is 5. The lowest BCUT2D eigenvalue weighted by Gasteiger charge is -2.35. The number of anilines is 1. The Balaban J connectivity index is 2.07. The highest BCUT2D eigenvalue weighted by Gasteiger charge is 2.22. The summed E-state index contributed by atoms with van der Waals surface area (Å²) in [7, 11) is 4.23. The summed E-state index contributed by atoms with van der Waals surface area (Å²) in [5.41, 5.74) is 7.43. The molecule has 1 aliphatic heterocycles.